The molecule has 0 aliphatic rings. The monoisotopic (exact) mass is 158 g/mol. The summed E-state index contributed by atoms with van der Waals surface area (Å²) < 4.78 is 0. The minimum absolute atomic E-state index is 0.00445. The van der Waals surface area contributed by atoms with Crippen molar-refractivity contribution in [2.45, 2.75) is 33.6 Å². The second kappa shape index (κ2) is 5.56. The molecule has 0 bridgehead atoms. The zero-order valence-corrected chi connectivity index (χ0v) is 7.94. The molecule has 0 aromatic carbocycles. The van der Waals surface area contributed by atoms with Gasteiger partial charge < -0.3 is 5.32 Å². The average molecular weight is 158 g/mol. The molecule has 2 heteroatoms. The topological polar surface area (TPSA) is 31.9 Å². The molecule has 67 valence electrons. The third-order valence-electron chi connectivity index (χ3n) is 1.56. The maximum atomic E-state index is 10.0. The Balaban J connectivity index is 3.02. The van der Waals surface area contributed by atoms with Gasteiger partial charge >= 0.3 is 0 Å². The lowest BCUT2D eigenvalue weighted by Gasteiger charge is -2.17. The molecule has 0 unspecified atom stereocenters. The zero-order chi connectivity index (χ0) is 8.74. The van der Waals surface area contributed by atoms with E-state index in [1.807, 2.05) is 0 Å². The minimum atomic E-state index is -0.00445. The van der Waals surface area contributed by atoms with Gasteiger partial charge in [-0.15, -0.1) is 0 Å². The fourth-order valence-electron chi connectivity index (χ4n) is 0.941. The molecular formula is C9H20NO. The van der Waals surface area contributed by atoms with Crippen molar-refractivity contribution in [2.24, 2.45) is 5.41 Å². The third-order valence-corrected chi connectivity index (χ3v) is 1.56. The van der Waals surface area contributed by atoms with E-state index in [9.17, 15) is 5.11 Å². The summed E-state index contributed by atoms with van der Waals surface area (Å²) in [6, 6.07) is 0. The van der Waals surface area contributed by atoms with Crippen molar-refractivity contribution in [3.8, 4) is 0 Å². The predicted molar refractivity (Wildman–Crippen MR) is 47.1 cm³/mol. The van der Waals surface area contributed by atoms with Crippen molar-refractivity contribution in [2.75, 3.05) is 19.7 Å². The fourth-order valence-corrected chi connectivity index (χ4v) is 0.941. The van der Waals surface area contributed by atoms with Crippen molar-refractivity contribution < 1.29 is 5.11 Å². The van der Waals surface area contributed by atoms with Crippen molar-refractivity contribution >= 4 is 0 Å². The highest BCUT2D eigenvalue weighted by molar-refractivity contribution is 4.61. The van der Waals surface area contributed by atoms with Crippen molar-refractivity contribution in [3.05, 3.63) is 0 Å². The summed E-state index contributed by atoms with van der Waals surface area (Å²) in [7, 11) is 0. The van der Waals surface area contributed by atoms with Gasteiger partial charge in [0.05, 0.1) is 6.61 Å². The lowest BCUT2D eigenvalue weighted by Crippen LogP contribution is -2.20. The first-order valence-corrected chi connectivity index (χ1v) is 4.35. The zero-order valence-electron chi connectivity index (χ0n) is 7.94. The van der Waals surface area contributed by atoms with Crippen LogP contribution in [0.3, 0.4) is 0 Å². The molecule has 1 radical (unpaired) electrons. The van der Waals surface area contributed by atoms with Crippen LogP contribution in [0.15, 0.2) is 0 Å². The van der Waals surface area contributed by atoms with Gasteiger partial charge in [-0.05, 0) is 24.8 Å². The van der Waals surface area contributed by atoms with Gasteiger partial charge in [-0.25, -0.2) is 5.11 Å². The molecule has 0 aromatic heterocycles. The first kappa shape index (κ1) is 10.9. The van der Waals surface area contributed by atoms with E-state index in [0.717, 1.165) is 6.54 Å². The summed E-state index contributed by atoms with van der Waals surface area (Å²) >= 11 is 0. The molecule has 1 N–H and O–H groups in total. The van der Waals surface area contributed by atoms with Crippen LogP contribution in [0.4, 0.5) is 0 Å². The quantitative estimate of drug-likeness (QED) is 0.608. The van der Waals surface area contributed by atoms with Crippen LogP contribution in [0.25, 0.3) is 0 Å². The summed E-state index contributed by atoms with van der Waals surface area (Å²) in [5, 5.41) is 13.1. The molecule has 2 nitrogen and oxygen atoms in total. The highest BCUT2D eigenvalue weighted by atomic mass is 16.3. The van der Waals surface area contributed by atoms with Crippen LogP contribution in [0.1, 0.15) is 33.6 Å². The normalized spacial score (nSPS) is 12.0. The van der Waals surface area contributed by atoms with Crippen LogP contribution in [0, 0.1) is 5.41 Å². The van der Waals surface area contributed by atoms with Gasteiger partial charge in [-0.1, -0.05) is 20.8 Å². The van der Waals surface area contributed by atoms with Gasteiger partial charge in [0.15, 0.2) is 0 Å². The second-order valence-corrected chi connectivity index (χ2v) is 4.12. The summed E-state index contributed by atoms with van der Waals surface area (Å²) in [6.45, 7) is 8.31. The average Bonchev–Trinajstić information content (AvgIpc) is 1.85. The molecule has 0 spiro atoms. The molecular weight excluding hydrogens is 138 g/mol. The highest BCUT2D eigenvalue weighted by Crippen LogP contribution is 2.19. The summed E-state index contributed by atoms with van der Waals surface area (Å²) in [5.74, 6) is 0. The lowest BCUT2D eigenvalue weighted by atomic mass is 9.91. The van der Waals surface area contributed by atoms with Crippen LogP contribution >= 0.6 is 0 Å². The summed E-state index contributed by atoms with van der Waals surface area (Å²) in [6.07, 6.45) is 2.39. The molecule has 0 saturated carbocycles. The van der Waals surface area contributed by atoms with E-state index in [1.165, 1.54) is 12.8 Å². The number of hydrogen-bond acceptors (Lipinski definition) is 1. The third kappa shape index (κ3) is 9.92. The molecule has 0 aromatic rings. The standard InChI is InChI=1S/C9H20NO/c1-9(2,3)5-4-6-10-7-8-11/h10H,4-8H2,1-3H3. The van der Waals surface area contributed by atoms with Gasteiger partial charge in [0.2, 0.25) is 0 Å². The molecule has 0 amide bonds. The van der Waals surface area contributed by atoms with Gasteiger partial charge in [-0.2, -0.15) is 0 Å². The SMILES string of the molecule is CC(C)(C)CCCNCC[O]. The van der Waals surface area contributed by atoms with Crippen LogP contribution in [0.2, 0.25) is 0 Å². The summed E-state index contributed by atoms with van der Waals surface area (Å²) in [4.78, 5) is 0. The Hall–Kier alpha value is -0.0800. The Labute approximate surface area is 70.0 Å². The maximum absolute atomic E-state index is 10.0. The molecule has 0 saturated heterocycles. The van der Waals surface area contributed by atoms with Crippen LogP contribution < -0.4 is 5.32 Å². The molecule has 0 fully saturated rings. The fraction of sp³-hybridized carbons (Fsp3) is 1.00. The number of hydrogen-bond donors (Lipinski definition) is 1. The van der Waals surface area contributed by atoms with E-state index in [2.05, 4.69) is 26.1 Å². The largest absolute Gasteiger partial charge is 0.314 e. The molecule has 0 aliphatic carbocycles. The lowest BCUT2D eigenvalue weighted by molar-refractivity contribution is 0.193. The van der Waals surface area contributed by atoms with Gasteiger partial charge in [0, 0.05) is 6.54 Å². The van der Waals surface area contributed by atoms with Crippen molar-refractivity contribution in [1.29, 1.82) is 0 Å². The molecule has 0 aliphatic heterocycles. The molecule has 0 atom stereocenters. The Kier molecular flexibility index (Phi) is 5.51. The first-order valence-electron chi connectivity index (χ1n) is 4.35. The van der Waals surface area contributed by atoms with E-state index < -0.39 is 0 Å². The second-order valence-electron chi connectivity index (χ2n) is 4.12. The van der Waals surface area contributed by atoms with Crippen LogP contribution in [-0.2, 0) is 5.11 Å². The van der Waals surface area contributed by atoms with Gasteiger partial charge in [0.25, 0.3) is 0 Å². The molecule has 0 rings (SSSR count). The van der Waals surface area contributed by atoms with Crippen LogP contribution in [-0.4, -0.2) is 19.7 Å². The predicted octanol–water partition coefficient (Wildman–Crippen LogP) is 1.83. The van der Waals surface area contributed by atoms with E-state index in [0.29, 0.717) is 12.0 Å². The van der Waals surface area contributed by atoms with E-state index in [1.54, 1.807) is 0 Å². The van der Waals surface area contributed by atoms with Crippen LogP contribution in [0.5, 0.6) is 0 Å². The van der Waals surface area contributed by atoms with E-state index in [4.69, 9.17) is 0 Å². The Morgan fingerprint density at radius 1 is 1.18 bits per heavy atom. The van der Waals surface area contributed by atoms with E-state index in [-0.39, 0.29) is 6.61 Å². The van der Waals surface area contributed by atoms with Crippen molar-refractivity contribution in [3.63, 3.8) is 0 Å². The van der Waals surface area contributed by atoms with E-state index >= 15 is 0 Å². The van der Waals surface area contributed by atoms with Gasteiger partial charge in [-0.3, -0.25) is 0 Å². The number of rotatable bonds is 5. The highest BCUT2D eigenvalue weighted by Gasteiger charge is 2.08. The van der Waals surface area contributed by atoms with Gasteiger partial charge in [0.1, 0.15) is 0 Å². The minimum Gasteiger partial charge on any atom is -0.314 e. The number of nitrogens with one attached hydrogen (secondary N) is 1. The molecule has 0 heterocycles. The Morgan fingerprint density at radius 2 is 1.82 bits per heavy atom. The Morgan fingerprint density at radius 3 is 2.27 bits per heavy atom. The summed E-state index contributed by atoms with van der Waals surface area (Å²) in [5.41, 5.74) is 0.430. The molecule has 11 heavy (non-hydrogen) atoms. The maximum Gasteiger partial charge on any atom is 0.0946 e. The Bertz CT molecular complexity index is 86.1. The van der Waals surface area contributed by atoms with Crippen molar-refractivity contribution in [1.82, 2.24) is 5.32 Å². The smallest absolute Gasteiger partial charge is 0.0946 e. The first-order chi connectivity index (χ1) is 5.06.